The molecule has 0 spiro atoms. The quantitative estimate of drug-likeness (QED) is 0.847. The number of hydrogen-bond acceptors (Lipinski definition) is 3. The standard InChI is InChI=1S/C15H18ClNOS/c1-3-10-18-12-7-5-4-6-11(12)15(17-2)13-8-9-14(16)19-13/h4-9,15,17H,3,10H2,1-2H3. The maximum atomic E-state index is 6.03. The molecular weight excluding hydrogens is 278 g/mol. The molecule has 0 aliphatic heterocycles. The molecule has 1 aromatic carbocycles. The van der Waals surface area contributed by atoms with E-state index in [1.54, 1.807) is 11.3 Å². The first-order valence-corrected chi connectivity index (χ1v) is 7.60. The van der Waals surface area contributed by atoms with E-state index in [-0.39, 0.29) is 6.04 Å². The lowest BCUT2D eigenvalue weighted by Crippen LogP contribution is -2.17. The van der Waals surface area contributed by atoms with Gasteiger partial charge in [-0.15, -0.1) is 11.3 Å². The minimum absolute atomic E-state index is 0.116. The van der Waals surface area contributed by atoms with Crippen LogP contribution in [0.2, 0.25) is 4.34 Å². The molecule has 0 aliphatic carbocycles. The van der Waals surface area contributed by atoms with Gasteiger partial charge >= 0.3 is 0 Å². The number of ether oxygens (including phenoxy) is 1. The number of hydrogen-bond donors (Lipinski definition) is 1. The Morgan fingerprint density at radius 1 is 1.26 bits per heavy atom. The summed E-state index contributed by atoms with van der Waals surface area (Å²) >= 11 is 7.63. The molecule has 1 heterocycles. The van der Waals surface area contributed by atoms with E-state index in [9.17, 15) is 0 Å². The van der Waals surface area contributed by atoms with Crippen LogP contribution in [0.1, 0.15) is 29.8 Å². The van der Waals surface area contributed by atoms with Crippen LogP contribution in [0.5, 0.6) is 5.75 Å². The van der Waals surface area contributed by atoms with E-state index in [1.807, 2.05) is 31.3 Å². The molecule has 2 rings (SSSR count). The highest BCUT2D eigenvalue weighted by Crippen LogP contribution is 2.34. The van der Waals surface area contributed by atoms with Crippen LogP contribution in [0.15, 0.2) is 36.4 Å². The summed E-state index contributed by atoms with van der Waals surface area (Å²) in [5, 5.41) is 3.34. The van der Waals surface area contributed by atoms with Crippen molar-refractivity contribution in [3.05, 3.63) is 51.2 Å². The van der Waals surface area contributed by atoms with E-state index in [2.05, 4.69) is 24.4 Å². The van der Waals surface area contributed by atoms with Crippen molar-refractivity contribution >= 4 is 22.9 Å². The highest BCUT2D eigenvalue weighted by molar-refractivity contribution is 7.16. The maximum absolute atomic E-state index is 6.03. The maximum Gasteiger partial charge on any atom is 0.124 e. The van der Waals surface area contributed by atoms with Crippen molar-refractivity contribution in [2.24, 2.45) is 0 Å². The smallest absolute Gasteiger partial charge is 0.124 e. The fourth-order valence-electron chi connectivity index (χ4n) is 2.00. The van der Waals surface area contributed by atoms with Gasteiger partial charge in [-0.25, -0.2) is 0 Å². The topological polar surface area (TPSA) is 21.3 Å². The second-order valence-corrected chi connectivity index (χ2v) is 6.00. The molecule has 2 aromatic rings. The summed E-state index contributed by atoms with van der Waals surface area (Å²) in [6, 6.07) is 12.3. The Bertz CT molecular complexity index is 526. The lowest BCUT2D eigenvalue weighted by molar-refractivity contribution is 0.312. The third-order valence-electron chi connectivity index (χ3n) is 2.86. The summed E-state index contributed by atoms with van der Waals surface area (Å²) in [6.45, 7) is 2.84. The monoisotopic (exact) mass is 295 g/mol. The Morgan fingerprint density at radius 3 is 2.68 bits per heavy atom. The minimum Gasteiger partial charge on any atom is -0.493 e. The molecule has 0 fully saturated rings. The van der Waals surface area contributed by atoms with Crippen molar-refractivity contribution in [1.29, 1.82) is 0 Å². The van der Waals surface area contributed by atoms with Gasteiger partial charge < -0.3 is 10.1 Å². The van der Waals surface area contributed by atoms with Gasteiger partial charge in [-0.3, -0.25) is 0 Å². The second-order valence-electron chi connectivity index (χ2n) is 4.25. The highest BCUT2D eigenvalue weighted by atomic mass is 35.5. The van der Waals surface area contributed by atoms with Crippen LogP contribution in [0.25, 0.3) is 0 Å². The molecule has 0 aliphatic rings. The van der Waals surface area contributed by atoms with Crippen LogP contribution in [-0.4, -0.2) is 13.7 Å². The van der Waals surface area contributed by atoms with Gasteiger partial charge in [0.2, 0.25) is 0 Å². The minimum atomic E-state index is 0.116. The molecule has 1 aromatic heterocycles. The molecule has 102 valence electrons. The number of benzene rings is 1. The fraction of sp³-hybridized carbons (Fsp3) is 0.333. The molecule has 1 N–H and O–H groups in total. The molecule has 4 heteroatoms. The van der Waals surface area contributed by atoms with E-state index in [0.29, 0.717) is 0 Å². The van der Waals surface area contributed by atoms with Gasteiger partial charge in [0.15, 0.2) is 0 Å². The van der Waals surface area contributed by atoms with Crippen LogP contribution in [-0.2, 0) is 0 Å². The fourth-order valence-corrected chi connectivity index (χ4v) is 3.19. The summed E-state index contributed by atoms with van der Waals surface area (Å²) in [4.78, 5) is 1.19. The van der Waals surface area contributed by atoms with Gasteiger partial charge in [-0.1, -0.05) is 36.7 Å². The average molecular weight is 296 g/mol. The van der Waals surface area contributed by atoms with Gasteiger partial charge in [-0.2, -0.15) is 0 Å². The summed E-state index contributed by atoms with van der Waals surface area (Å²) in [7, 11) is 1.95. The van der Waals surface area contributed by atoms with Gasteiger partial charge in [0.25, 0.3) is 0 Å². The summed E-state index contributed by atoms with van der Waals surface area (Å²) in [5.41, 5.74) is 1.15. The van der Waals surface area contributed by atoms with Crippen molar-refractivity contribution in [1.82, 2.24) is 5.32 Å². The predicted octanol–water partition coefficient (Wildman–Crippen LogP) is 4.50. The third kappa shape index (κ3) is 3.50. The van der Waals surface area contributed by atoms with Crippen molar-refractivity contribution < 1.29 is 4.74 Å². The SMILES string of the molecule is CCCOc1ccccc1C(NC)c1ccc(Cl)s1. The van der Waals surface area contributed by atoms with Crippen LogP contribution in [0, 0.1) is 0 Å². The van der Waals surface area contributed by atoms with E-state index >= 15 is 0 Å². The van der Waals surface area contributed by atoms with Crippen molar-refractivity contribution in [2.75, 3.05) is 13.7 Å². The number of halogens is 1. The number of para-hydroxylation sites is 1. The molecule has 0 saturated carbocycles. The highest BCUT2D eigenvalue weighted by Gasteiger charge is 2.18. The molecule has 2 nitrogen and oxygen atoms in total. The first kappa shape index (κ1) is 14.4. The van der Waals surface area contributed by atoms with Crippen LogP contribution in [0.4, 0.5) is 0 Å². The Hall–Kier alpha value is -1.03. The zero-order chi connectivity index (χ0) is 13.7. The Labute approximate surface area is 123 Å². The largest absolute Gasteiger partial charge is 0.493 e. The summed E-state index contributed by atoms with van der Waals surface area (Å²) < 4.78 is 6.64. The molecule has 1 unspecified atom stereocenters. The molecule has 19 heavy (non-hydrogen) atoms. The summed E-state index contributed by atoms with van der Waals surface area (Å²) in [5.74, 6) is 0.938. The number of thiophene rings is 1. The lowest BCUT2D eigenvalue weighted by Gasteiger charge is -2.19. The third-order valence-corrected chi connectivity index (χ3v) is 4.15. The zero-order valence-electron chi connectivity index (χ0n) is 11.2. The number of nitrogens with one attached hydrogen (secondary N) is 1. The Morgan fingerprint density at radius 2 is 2.05 bits per heavy atom. The van der Waals surface area contributed by atoms with Gasteiger partial charge in [0.1, 0.15) is 5.75 Å². The molecular formula is C15H18ClNOS. The van der Waals surface area contributed by atoms with Crippen LogP contribution >= 0.6 is 22.9 Å². The predicted molar refractivity (Wildman–Crippen MR) is 82.5 cm³/mol. The van der Waals surface area contributed by atoms with Crippen molar-refractivity contribution in [2.45, 2.75) is 19.4 Å². The molecule has 0 amide bonds. The lowest BCUT2D eigenvalue weighted by atomic mass is 10.0. The number of rotatable bonds is 6. The normalized spacial score (nSPS) is 12.4. The molecule has 0 saturated heterocycles. The van der Waals surface area contributed by atoms with Crippen molar-refractivity contribution in [3.63, 3.8) is 0 Å². The second kappa shape index (κ2) is 6.94. The van der Waals surface area contributed by atoms with Gasteiger partial charge in [0, 0.05) is 10.4 Å². The Kier molecular flexibility index (Phi) is 5.25. The Balaban J connectivity index is 2.32. The van der Waals surface area contributed by atoms with Gasteiger partial charge in [-0.05, 0) is 31.7 Å². The molecule has 0 bridgehead atoms. The van der Waals surface area contributed by atoms with E-state index in [0.717, 1.165) is 28.7 Å². The van der Waals surface area contributed by atoms with E-state index in [4.69, 9.17) is 16.3 Å². The molecule has 0 radical (unpaired) electrons. The van der Waals surface area contributed by atoms with Crippen molar-refractivity contribution in [3.8, 4) is 5.75 Å². The first-order chi connectivity index (χ1) is 9.26. The average Bonchev–Trinajstić information content (AvgIpc) is 2.85. The summed E-state index contributed by atoms with van der Waals surface area (Å²) in [6.07, 6.45) is 1.00. The van der Waals surface area contributed by atoms with E-state index in [1.165, 1.54) is 4.88 Å². The molecule has 1 atom stereocenters. The van der Waals surface area contributed by atoms with Crippen LogP contribution < -0.4 is 10.1 Å². The zero-order valence-corrected chi connectivity index (χ0v) is 12.7. The first-order valence-electron chi connectivity index (χ1n) is 6.40. The van der Waals surface area contributed by atoms with Gasteiger partial charge in [0.05, 0.1) is 17.0 Å². The van der Waals surface area contributed by atoms with Crippen LogP contribution in [0.3, 0.4) is 0 Å². The van der Waals surface area contributed by atoms with E-state index < -0.39 is 0 Å².